The molecule has 1 aliphatic rings. The Morgan fingerprint density at radius 2 is 1.88 bits per heavy atom. The summed E-state index contributed by atoms with van der Waals surface area (Å²) in [7, 11) is 0. The van der Waals surface area contributed by atoms with Crippen LogP contribution in [0, 0.1) is 0 Å². The number of halogens is 2. The smallest absolute Gasteiger partial charge is 0.259 e. The summed E-state index contributed by atoms with van der Waals surface area (Å²) in [6.07, 6.45) is 0. The van der Waals surface area contributed by atoms with Gasteiger partial charge in [0.15, 0.2) is 0 Å². The Hall–Kier alpha value is -2.37. The molecule has 0 bridgehead atoms. The third-order valence-electron chi connectivity index (χ3n) is 4.15. The van der Waals surface area contributed by atoms with Crippen LogP contribution in [0.1, 0.15) is 10.4 Å². The van der Waals surface area contributed by atoms with Gasteiger partial charge < -0.3 is 5.32 Å². The van der Waals surface area contributed by atoms with Gasteiger partial charge in [-0.05, 0) is 51.6 Å². The summed E-state index contributed by atoms with van der Waals surface area (Å²) in [5.41, 5.74) is 1.98. The van der Waals surface area contributed by atoms with Crippen molar-refractivity contribution < 1.29 is 9.59 Å². The van der Waals surface area contributed by atoms with Gasteiger partial charge >= 0.3 is 0 Å². The van der Waals surface area contributed by atoms with Gasteiger partial charge in [0.05, 0.1) is 10.7 Å². The molecule has 0 fully saturated rings. The summed E-state index contributed by atoms with van der Waals surface area (Å²) >= 11 is 9.35. The first kappa shape index (κ1) is 16.1. The minimum atomic E-state index is -0.281. The molecule has 1 N–H and O–H groups in total. The average Bonchev–Trinajstić information content (AvgIpc) is 2.86. The monoisotopic (exact) mass is 414 g/mol. The van der Waals surface area contributed by atoms with E-state index in [1.54, 1.807) is 24.3 Å². The molecule has 0 aromatic heterocycles. The minimum absolute atomic E-state index is 0.0552. The zero-order valence-corrected chi connectivity index (χ0v) is 15.3. The second-order valence-corrected chi connectivity index (χ2v) is 7.01. The van der Waals surface area contributed by atoms with Crippen LogP contribution in [0.15, 0.2) is 59.1 Å². The lowest BCUT2D eigenvalue weighted by molar-refractivity contribution is -0.114. The molecule has 0 unspecified atom stereocenters. The zero-order chi connectivity index (χ0) is 17.6. The molecule has 4 nitrogen and oxygen atoms in total. The van der Waals surface area contributed by atoms with Crippen LogP contribution in [-0.4, -0.2) is 18.4 Å². The van der Waals surface area contributed by atoms with E-state index < -0.39 is 0 Å². The number of hydrogen-bond donors (Lipinski definition) is 1. The van der Waals surface area contributed by atoms with Crippen LogP contribution < -0.4 is 10.2 Å². The van der Waals surface area contributed by atoms with E-state index in [1.807, 2.05) is 30.3 Å². The van der Waals surface area contributed by atoms with Gasteiger partial charge in [0.1, 0.15) is 6.54 Å². The van der Waals surface area contributed by atoms with E-state index in [4.69, 9.17) is 11.6 Å². The molecule has 0 aliphatic carbocycles. The fourth-order valence-electron chi connectivity index (χ4n) is 3.05. The summed E-state index contributed by atoms with van der Waals surface area (Å²) in [4.78, 5) is 26.6. The Bertz CT molecular complexity index is 1030. The van der Waals surface area contributed by atoms with Gasteiger partial charge in [-0.25, -0.2) is 0 Å². The lowest BCUT2D eigenvalue weighted by Gasteiger charge is -2.17. The normalized spacial score (nSPS) is 12.7. The highest BCUT2D eigenvalue weighted by Gasteiger charge is 2.30. The van der Waals surface area contributed by atoms with Gasteiger partial charge in [0, 0.05) is 21.1 Å². The average molecular weight is 416 g/mol. The second kappa shape index (κ2) is 6.17. The first-order valence-corrected chi connectivity index (χ1v) is 8.80. The summed E-state index contributed by atoms with van der Waals surface area (Å²) < 4.78 is 0.754. The number of nitrogens with zero attached hydrogens (tertiary/aromatic N) is 1. The van der Waals surface area contributed by atoms with Crippen LogP contribution in [0.3, 0.4) is 0 Å². The maximum atomic E-state index is 12.7. The van der Waals surface area contributed by atoms with Crippen molar-refractivity contribution in [3.8, 4) is 0 Å². The Morgan fingerprint density at radius 1 is 1.12 bits per heavy atom. The molecule has 1 aliphatic heterocycles. The van der Waals surface area contributed by atoms with Crippen LogP contribution in [-0.2, 0) is 4.79 Å². The van der Waals surface area contributed by atoms with Crippen molar-refractivity contribution in [1.29, 1.82) is 0 Å². The Balaban J connectivity index is 1.59. The summed E-state index contributed by atoms with van der Waals surface area (Å²) in [6, 6.07) is 16.5. The van der Waals surface area contributed by atoms with E-state index >= 15 is 0 Å². The van der Waals surface area contributed by atoms with E-state index in [-0.39, 0.29) is 18.4 Å². The molecule has 0 saturated heterocycles. The molecule has 25 heavy (non-hydrogen) atoms. The van der Waals surface area contributed by atoms with Crippen LogP contribution in [0.4, 0.5) is 11.4 Å². The standard InChI is InChI=1S/C19H12BrClN2O2/c20-14-8-7-12(9-15(14)21)22-17(24)10-23-16-6-2-4-11-3-1-5-13(18(11)16)19(23)25/h1-9H,10H2,(H,22,24). The SMILES string of the molecule is O=C(CN1C(=O)c2cccc3cccc1c23)Nc1ccc(Br)c(Cl)c1. The third-order valence-corrected chi connectivity index (χ3v) is 5.39. The van der Waals surface area contributed by atoms with Crippen molar-refractivity contribution in [1.82, 2.24) is 0 Å². The van der Waals surface area contributed by atoms with E-state index in [9.17, 15) is 9.59 Å². The van der Waals surface area contributed by atoms with Gasteiger partial charge in [-0.3, -0.25) is 14.5 Å². The van der Waals surface area contributed by atoms with Crippen molar-refractivity contribution in [2.24, 2.45) is 0 Å². The molecule has 0 spiro atoms. The highest BCUT2D eigenvalue weighted by Crippen LogP contribution is 2.37. The van der Waals surface area contributed by atoms with Crippen molar-refractivity contribution in [3.05, 3.63) is 69.7 Å². The predicted molar refractivity (Wildman–Crippen MR) is 103 cm³/mol. The number of amides is 2. The Kier molecular flexibility index (Phi) is 3.98. The summed E-state index contributed by atoms with van der Waals surface area (Å²) in [5.74, 6) is -0.438. The highest BCUT2D eigenvalue weighted by atomic mass is 79.9. The molecule has 0 saturated carbocycles. The number of nitrogens with one attached hydrogen (secondary N) is 1. The molecule has 1 heterocycles. The van der Waals surface area contributed by atoms with Gasteiger partial charge in [-0.15, -0.1) is 0 Å². The van der Waals surface area contributed by atoms with E-state index in [1.165, 1.54) is 4.90 Å². The summed E-state index contributed by atoms with van der Waals surface area (Å²) in [5, 5.41) is 5.17. The highest BCUT2D eigenvalue weighted by molar-refractivity contribution is 9.10. The molecular formula is C19H12BrClN2O2. The lowest BCUT2D eigenvalue weighted by Crippen LogP contribution is -2.35. The second-order valence-electron chi connectivity index (χ2n) is 5.75. The van der Waals surface area contributed by atoms with Crippen LogP contribution >= 0.6 is 27.5 Å². The van der Waals surface area contributed by atoms with E-state index in [0.717, 1.165) is 20.9 Å². The molecular weight excluding hydrogens is 404 g/mol. The number of carbonyl (C=O) groups is 2. The van der Waals surface area contributed by atoms with Crippen LogP contribution in [0.5, 0.6) is 0 Å². The first-order chi connectivity index (χ1) is 12.0. The maximum absolute atomic E-state index is 12.7. The third kappa shape index (κ3) is 2.79. The zero-order valence-electron chi connectivity index (χ0n) is 12.9. The Labute approximate surface area is 157 Å². The summed E-state index contributed by atoms with van der Waals surface area (Å²) in [6.45, 7) is -0.0552. The molecule has 4 rings (SSSR count). The molecule has 3 aromatic rings. The van der Waals surface area contributed by atoms with Gasteiger partial charge in [-0.2, -0.15) is 0 Å². The molecule has 3 aromatic carbocycles. The van der Waals surface area contributed by atoms with Crippen LogP contribution in [0.2, 0.25) is 5.02 Å². The molecule has 2 amide bonds. The molecule has 124 valence electrons. The number of hydrogen-bond acceptors (Lipinski definition) is 2. The van der Waals surface area contributed by atoms with Gasteiger partial charge in [0.25, 0.3) is 5.91 Å². The number of rotatable bonds is 3. The number of anilines is 2. The molecule has 0 atom stereocenters. The van der Waals surface area contributed by atoms with Crippen LogP contribution in [0.25, 0.3) is 10.8 Å². The fraction of sp³-hybridized carbons (Fsp3) is 0.0526. The van der Waals surface area contributed by atoms with Gasteiger partial charge in [0.2, 0.25) is 5.91 Å². The number of carbonyl (C=O) groups excluding carboxylic acids is 2. The van der Waals surface area contributed by atoms with Gasteiger partial charge in [-0.1, -0.05) is 35.9 Å². The van der Waals surface area contributed by atoms with Crippen molar-refractivity contribution in [3.63, 3.8) is 0 Å². The lowest BCUT2D eigenvalue weighted by atomic mass is 10.1. The largest absolute Gasteiger partial charge is 0.324 e. The topological polar surface area (TPSA) is 49.4 Å². The fourth-order valence-corrected chi connectivity index (χ4v) is 3.48. The quantitative estimate of drug-likeness (QED) is 0.664. The Morgan fingerprint density at radius 3 is 2.64 bits per heavy atom. The minimum Gasteiger partial charge on any atom is -0.324 e. The number of benzene rings is 3. The van der Waals surface area contributed by atoms with Crippen molar-refractivity contribution >= 4 is 61.5 Å². The first-order valence-electron chi connectivity index (χ1n) is 7.63. The molecule has 6 heteroatoms. The molecule has 0 radical (unpaired) electrons. The van der Waals surface area contributed by atoms with E-state index in [0.29, 0.717) is 16.3 Å². The predicted octanol–water partition coefficient (Wildman–Crippen LogP) is 4.85. The van der Waals surface area contributed by atoms with Crippen molar-refractivity contribution in [2.45, 2.75) is 0 Å². The maximum Gasteiger partial charge on any atom is 0.259 e. The van der Waals surface area contributed by atoms with Crippen molar-refractivity contribution in [2.75, 3.05) is 16.8 Å². The van der Waals surface area contributed by atoms with E-state index in [2.05, 4.69) is 21.2 Å².